The Morgan fingerprint density at radius 3 is 2.50 bits per heavy atom. The second kappa shape index (κ2) is 5.05. The van der Waals surface area contributed by atoms with Crippen LogP contribution in [0.25, 0.3) is 0 Å². The van der Waals surface area contributed by atoms with Gasteiger partial charge in [-0.05, 0) is 32.6 Å². The van der Waals surface area contributed by atoms with Crippen LogP contribution in [0.2, 0.25) is 0 Å². The maximum absolute atomic E-state index is 11.2. The van der Waals surface area contributed by atoms with Gasteiger partial charge in [-0.1, -0.05) is 0 Å². The van der Waals surface area contributed by atoms with Crippen molar-refractivity contribution in [3.05, 3.63) is 15.8 Å². The van der Waals surface area contributed by atoms with Crippen molar-refractivity contribution in [2.24, 2.45) is 7.05 Å². The summed E-state index contributed by atoms with van der Waals surface area (Å²) in [5.74, 6) is 0.539. The highest BCUT2D eigenvalue weighted by Crippen LogP contribution is 2.32. The monoisotopic (exact) mass is 279 g/mol. The molecule has 1 N–H and O–H groups in total. The topological polar surface area (TPSA) is 76.2 Å². The van der Waals surface area contributed by atoms with E-state index in [9.17, 15) is 10.1 Å². The van der Waals surface area contributed by atoms with Gasteiger partial charge in [-0.3, -0.25) is 10.1 Å². The Morgan fingerprint density at radius 2 is 1.95 bits per heavy atom. The van der Waals surface area contributed by atoms with Crippen LogP contribution >= 0.6 is 0 Å². The molecule has 0 spiro atoms. The Labute approximate surface area is 118 Å². The molecule has 0 atom stereocenters. The normalized spacial score (nSPS) is 21.1. The lowest BCUT2D eigenvalue weighted by Gasteiger charge is -2.32. The third-order valence-electron chi connectivity index (χ3n) is 4.31. The molecule has 2 aliphatic rings. The van der Waals surface area contributed by atoms with Crippen molar-refractivity contribution in [1.82, 2.24) is 14.7 Å². The molecule has 110 valence electrons. The lowest BCUT2D eigenvalue weighted by atomic mass is 10.0. The smallest absolute Gasteiger partial charge is 0.333 e. The first kappa shape index (κ1) is 13.4. The molecule has 2 fully saturated rings. The number of aryl methyl sites for hydroxylation is 2. The molecule has 1 aromatic heterocycles. The van der Waals surface area contributed by atoms with Crippen molar-refractivity contribution in [2.45, 2.75) is 44.7 Å². The van der Waals surface area contributed by atoms with Crippen LogP contribution in [-0.2, 0) is 7.05 Å². The average molecular weight is 279 g/mol. The highest BCUT2D eigenvalue weighted by molar-refractivity contribution is 5.59. The van der Waals surface area contributed by atoms with Crippen molar-refractivity contribution >= 4 is 11.5 Å². The van der Waals surface area contributed by atoms with Gasteiger partial charge in [-0.2, -0.15) is 5.10 Å². The van der Waals surface area contributed by atoms with Crippen molar-refractivity contribution in [2.75, 3.05) is 18.4 Å². The van der Waals surface area contributed by atoms with Crippen molar-refractivity contribution < 1.29 is 4.92 Å². The van der Waals surface area contributed by atoms with Gasteiger partial charge in [-0.25, -0.2) is 4.68 Å². The summed E-state index contributed by atoms with van der Waals surface area (Å²) in [6, 6.07) is 1.11. The van der Waals surface area contributed by atoms with Crippen LogP contribution in [-0.4, -0.2) is 44.8 Å². The van der Waals surface area contributed by atoms with Crippen LogP contribution in [0, 0.1) is 17.0 Å². The fourth-order valence-corrected chi connectivity index (χ4v) is 3.07. The van der Waals surface area contributed by atoms with E-state index >= 15 is 0 Å². The second-order valence-corrected chi connectivity index (χ2v) is 5.85. The van der Waals surface area contributed by atoms with Gasteiger partial charge in [0.25, 0.3) is 0 Å². The number of anilines is 1. The summed E-state index contributed by atoms with van der Waals surface area (Å²) in [5.41, 5.74) is 0.576. The molecule has 20 heavy (non-hydrogen) atoms. The number of nitrogens with one attached hydrogen (secondary N) is 1. The highest BCUT2D eigenvalue weighted by atomic mass is 16.6. The van der Waals surface area contributed by atoms with Crippen molar-refractivity contribution in [3.8, 4) is 0 Å². The Bertz CT molecular complexity index is 515. The van der Waals surface area contributed by atoms with Crippen LogP contribution in [0.1, 0.15) is 31.4 Å². The fraction of sp³-hybridized carbons (Fsp3) is 0.769. The quantitative estimate of drug-likeness (QED) is 0.670. The number of hydrogen-bond donors (Lipinski definition) is 1. The van der Waals surface area contributed by atoms with Crippen molar-refractivity contribution in [1.29, 1.82) is 0 Å². The van der Waals surface area contributed by atoms with Crippen LogP contribution in [0.3, 0.4) is 0 Å². The number of nitrogens with zero attached hydrogens (tertiary/aromatic N) is 4. The van der Waals surface area contributed by atoms with Crippen LogP contribution in [0.15, 0.2) is 0 Å². The van der Waals surface area contributed by atoms with E-state index < -0.39 is 0 Å². The molecule has 1 aliphatic carbocycles. The minimum Gasteiger partial charge on any atom is -0.362 e. The Kier molecular flexibility index (Phi) is 3.37. The van der Waals surface area contributed by atoms with Gasteiger partial charge in [0.1, 0.15) is 5.69 Å². The SMILES string of the molecule is Cc1nn(C)c(NC2CCN(C3CC3)CC2)c1[N+](=O)[O-]. The standard InChI is InChI=1S/C13H21N5O2/c1-9-12(18(19)20)13(16(2)15-9)14-10-5-7-17(8-6-10)11-3-4-11/h10-11,14H,3-8H2,1-2H3. The molecular formula is C13H21N5O2. The Balaban J connectivity index is 1.67. The molecule has 2 heterocycles. The van der Waals surface area contributed by atoms with Crippen LogP contribution in [0.5, 0.6) is 0 Å². The number of nitro groups is 1. The zero-order valence-corrected chi connectivity index (χ0v) is 12.0. The number of piperidine rings is 1. The van der Waals surface area contributed by atoms with Gasteiger partial charge in [0.05, 0.1) is 4.92 Å². The molecule has 1 saturated heterocycles. The third kappa shape index (κ3) is 2.49. The Morgan fingerprint density at radius 1 is 1.30 bits per heavy atom. The zero-order chi connectivity index (χ0) is 14.3. The molecular weight excluding hydrogens is 258 g/mol. The number of aromatic nitrogens is 2. The van der Waals surface area contributed by atoms with E-state index in [1.165, 1.54) is 12.8 Å². The van der Waals surface area contributed by atoms with E-state index in [2.05, 4.69) is 15.3 Å². The Hall–Kier alpha value is -1.63. The maximum Gasteiger partial charge on any atom is 0.333 e. The molecule has 0 radical (unpaired) electrons. The van der Waals surface area contributed by atoms with Crippen LogP contribution < -0.4 is 5.32 Å². The summed E-state index contributed by atoms with van der Waals surface area (Å²) in [6.07, 6.45) is 4.75. The molecule has 0 bridgehead atoms. The summed E-state index contributed by atoms with van der Waals surface area (Å²) >= 11 is 0. The molecule has 7 heteroatoms. The summed E-state index contributed by atoms with van der Waals surface area (Å²) < 4.78 is 1.58. The molecule has 0 unspecified atom stereocenters. The number of hydrogen-bond acceptors (Lipinski definition) is 5. The van der Waals surface area contributed by atoms with Crippen molar-refractivity contribution in [3.63, 3.8) is 0 Å². The first-order chi connectivity index (χ1) is 9.56. The van der Waals surface area contributed by atoms with E-state index in [4.69, 9.17) is 0 Å². The average Bonchev–Trinajstić information content (AvgIpc) is 3.18. The van der Waals surface area contributed by atoms with E-state index in [0.717, 1.165) is 32.0 Å². The second-order valence-electron chi connectivity index (χ2n) is 5.85. The first-order valence-corrected chi connectivity index (χ1v) is 7.25. The predicted octanol–water partition coefficient (Wildman–Crippen LogP) is 1.68. The van der Waals surface area contributed by atoms with Gasteiger partial charge in [0, 0.05) is 32.2 Å². The van der Waals surface area contributed by atoms with Gasteiger partial charge in [0.2, 0.25) is 5.82 Å². The van der Waals surface area contributed by atoms with Gasteiger partial charge in [0.15, 0.2) is 0 Å². The third-order valence-corrected chi connectivity index (χ3v) is 4.31. The van der Waals surface area contributed by atoms with Gasteiger partial charge < -0.3 is 10.2 Å². The fourth-order valence-electron chi connectivity index (χ4n) is 3.07. The molecule has 1 aliphatic heterocycles. The molecule has 0 aromatic carbocycles. The van der Waals surface area contributed by atoms with Gasteiger partial charge in [-0.15, -0.1) is 0 Å². The summed E-state index contributed by atoms with van der Waals surface area (Å²) in [4.78, 5) is 13.4. The summed E-state index contributed by atoms with van der Waals surface area (Å²) in [5, 5.41) is 18.6. The lowest BCUT2D eigenvalue weighted by molar-refractivity contribution is -0.384. The minimum atomic E-state index is -0.343. The minimum absolute atomic E-state index is 0.108. The molecule has 1 saturated carbocycles. The molecule has 3 rings (SSSR count). The molecule has 0 amide bonds. The maximum atomic E-state index is 11.2. The van der Waals surface area contributed by atoms with E-state index in [-0.39, 0.29) is 10.6 Å². The summed E-state index contributed by atoms with van der Waals surface area (Å²) in [6.45, 7) is 3.86. The first-order valence-electron chi connectivity index (χ1n) is 7.25. The lowest BCUT2D eigenvalue weighted by Crippen LogP contribution is -2.40. The van der Waals surface area contributed by atoms with E-state index in [0.29, 0.717) is 17.6 Å². The van der Waals surface area contributed by atoms with Crippen LogP contribution in [0.4, 0.5) is 11.5 Å². The number of rotatable bonds is 4. The predicted molar refractivity (Wildman–Crippen MR) is 75.8 cm³/mol. The molecule has 1 aromatic rings. The van der Waals surface area contributed by atoms with E-state index in [1.54, 1.807) is 18.7 Å². The zero-order valence-electron chi connectivity index (χ0n) is 12.0. The highest BCUT2D eigenvalue weighted by Gasteiger charge is 2.33. The van der Waals surface area contributed by atoms with Gasteiger partial charge >= 0.3 is 5.69 Å². The summed E-state index contributed by atoms with van der Waals surface area (Å²) in [7, 11) is 1.75. The van der Waals surface area contributed by atoms with E-state index in [1.807, 2.05) is 0 Å². The molecule has 7 nitrogen and oxygen atoms in total. The number of likely N-dealkylation sites (tertiary alicyclic amines) is 1. The largest absolute Gasteiger partial charge is 0.362 e.